The van der Waals surface area contributed by atoms with Crippen LogP contribution in [0.4, 0.5) is 4.39 Å². The summed E-state index contributed by atoms with van der Waals surface area (Å²) < 4.78 is 13.2. The minimum absolute atomic E-state index is 0.0136. The summed E-state index contributed by atoms with van der Waals surface area (Å²) in [5.74, 6) is -0.603. The maximum absolute atomic E-state index is 13.2. The Balaban J connectivity index is 1.46. The third-order valence-corrected chi connectivity index (χ3v) is 5.93. The molecule has 1 aromatic carbocycles. The molecule has 2 heterocycles. The van der Waals surface area contributed by atoms with Crippen molar-refractivity contribution >= 4 is 29.5 Å². The van der Waals surface area contributed by atoms with Crippen LogP contribution in [0, 0.1) is 5.82 Å². The number of hydrogen-bond acceptors (Lipinski definition) is 4. The van der Waals surface area contributed by atoms with Gasteiger partial charge in [0.25, 0.3) is 0 Å². The number of halogens is 2. The van der Waals surface area contributed by atoms with E-state index in [1.165, 1.54) is 18.2 Å². The van der Waals surface area contributed by atoms with E-state index in [0.717, 1.165) is 32.4 Å². The van der Waals surface area contributed by atoms with Crippen LogP contribution in [0.1, 0.15) is 31.2 Å². The van der Waals surface area contributed by atoms with Gasteiger partial charge < -0.3 is 19.8 Å². The van der Waals surface area contributed by atoms with E-state index in [0.29, 0.717) is 44.7 Å². The van der Waals surface area contributed by atoms with Crippen molar-refractivity contribution in [1.82, 2.24) is 14.7 Å². The molecule has 0 aliphatic carbocycles. The van der Waals surface area contributed by atoms with Crippen LogP contribution in [0.15, 0.2) is 24.3 Å². The van der Waals surface area contributed by atoms with Gasteiger partial charge in [-0.2, -0.15) is 0 Å². The Morgan fingerprint density at radius 2 is 2.07 bits per heavy atom. The Kier molecular flexibility index (Phi) is 8.24. The maximum atomic E-state index is 13.2. The van der Waals surface area contributed by atoms with Gasteiger partial charge in [-0.25, -0.2) is 4.39 Å². The fraction of sp³-hybridized carbons (Fsp3) is 0.545. The zero-order chi connectivity index (χ0) is 21.5. The molecule has 8 heteroatoms. The van der Waals surface area contributed by atoms with Crippen molar-refractivity contribution in [3.8, 4) is 0 Å². The molecule has 3 rings (SSSR count). The van der Waals surface area contributed by atoms with Crippen LogP contribution in [-0.2, 0) is 9.59 Å². The summed E-state index contributed by atoms with van der Waals surface area (Å²) in [5, 5.41) is 9.77. The topological polar surface area (TPSA) is 64.1 Å². The van der Waals surface area contributed by atoms with Gasteiger partial charge in [-0.05, 0) is 56.1 Å². The predicted octanol–water partition coefficient (Wildman–Crippen LogP) is 2.40. The number of β-amino-alcohol motifs (C(OH)–C–C–N with tert-alkyl or cyclic N) is 1. The molecule has 2 saturated heterocycles. The van der Waals surface area contributed by atoms with Crippen molar-refractivity contribution in [3.05, 3.63) is 40.7 Å². The molecular formula is C22H29ClFN3O3. The summed E-state index contributed by atoms with van der Waals surface area (Å²) in [6.45, 7) is 4.64. The second-order valence-electron chi connectivity index (χ2n) is 7.91. The second-order valence-corrected chi connectivity index (χ2v) is 8.32. The molecule has 0 bridgehead atoms. The number of amides is 2. The summed E-state index contributed by atoms with van der Waals surface area (Å²) in [6, 6.07) is 4.29. The maximum Gasteiger partial charge on any atom is 0.246 e. The Labute approximate surface area is 181 Å². The van der Waals surface area contributed by atoms with Crippen molar-refractivity contribution in [2.75, 3.05) is 45.8 Å². The van der Waals surface area contributed by atoms with Crippen LogP contribution in [0.3, 0.4) is 0 Å². The molecule has 30 heavy (non-hydrogen) atoms. The second kappa shape index (κ2) is 10.9. The molecule has 0 unspecified atom stereocenters. The normalized spacial score (nSPS) is 21.3. The molecule has 0 spiro atoms. The first-order valence-electron chi connectivity index (χ1n) is 10.5. The fourth-order valence-corrected chi connectivity index (χ4v) is 4.12. The van der Waals surface area contributed by atoms with E-state index < -0.39 is 5.82 Å². The zero-order valence-corrected chi connectivity index (χ0v) is 17.9. The molecule has 1 atom stereocenters. The number of nitrogens with zero attached hydrogens (tertiary/aromatic N) is 3. The quantitative estimate of drug-likeness (QED) is 0.694. The number of hydrogen-bond donors (Lipinski definition) is 1. The van der Waals surface area contributed by atoms with Crippen LogP contribution in [0.2, 0.25) is 5.02 Å². The third-order valence-electron chi connectivity index (χ3n) is 5.64. The Morgan fingerprint density at radius 1 is 1.23 bits per heavy atom. The molecule has 1 N–H and O–H groups in total. The van der Waals surface area contributed by atoms with Gasteiger partial charge >= 0.3 is 0 Å². The van der Waals surface area contributed by atoms with E-state index in [1.807, 2.05) is 4.90 Å². The highest BCUT2D eigenvalue weighted by Crippen LogP contribution is 2.17. The number of likely N-dealkylation sites (tertiary alicyclic amines) is 1. The summed E-state index contributed by atoms with van der Waals surface area (Å²) >= 11 is 5.77. The number of carbonyl (C=O) groups is 2. The lowest BCUT2D eigenvalue weighted by Crippen LogP contribution is -2.40. The van der Waals surface area contributed by atoms with Crippen LogP contribution >= 0.6 is 11.6 Å². The molecule has 0 saturated carbocycles. The molecule has 6 nitrogen and oxygen atoms in total. The monoisotopic (exact) mass is 437 g/mol. The van der Waals surface area contributed by atoms with Crippen molar-refractivity contribution < 1.29 is 19.1 Å². The Hall–Kier alpha value is -1.96. The molecule has 0 aromatic heterocycles. The van der Waals surface area contributed by atoms with E-state index in [2.05, 4.69) is 4.90 Å². The standard InChI is InChI=1S/C22H29ClFN3O3/c23-19-15-17(4-6-20(19)24)5-7-21(29)27-12-8-22(30)26(13-14-27)11-2-10-25-9-1-3-18(28)16-25/h4-7,15,18,28H,1-3,8-14,16H2/t18-/m1/s1. The van der Waals surface area contributed by atoms with Gasteiger partial charge in [0.1, 0.15) is 5.82 Å². The molecule has 0 radical (unpaired) electrons. The number of rotatable bonds is 6. The molecule has 2 aliphatic heterocycles. The fourth-order valence-electron chi connectivity index (χ4n) is 3.93. The number of benzene rings is 1. The summed E-state index contributed by atoms with van der Waals surface area (Å²) in [7, 11) is 0. The molecule has 1 aromatic rings. The largest absolute Gasteiger partial charge is 0.392 e. The van der Waals surface area contributed by atoms with Crippen molar-refractivity contribution in [2.45, 2.75) is 31.8 Å². The van der Waals surface area contributed by atoms with Crippen LogP contribution in [0.25, 0.3) is 6.08 Å². The zero-order valence-electron chi connectivity index (χ0n) is 17.1. The third kappa shape index (κ3) is 6.52. The van der Waals surface area contributed by atoms with Crippen molar-refractivity contribution in [3.63, 3.8) is 0 Å². The molecule has 164 valence electrons. The van der Waals surface area contributed by atoms with E-state index in [4.69, 9.17) is 11.6 Å². The molecule has 2 amide bonds. The highest BCUT2D eigenvalue weighted by atomic mass is 35.5. The first-order chi connectivity index (χ1) is 14.4. The lowest BCUT2D eigenvalue weighted by Gasteiger charge is -2.30. The highest BCUT2D eigenvalue weighted by Gasteiger charge is 2.23. The first-order valence-corrected chi connectivity index (χ1v) is 10.9. The van der Waals surface area contributed by atoms with Crippen molar-refractivity contribution in [1.29, 1.82) is 0 Å². The smallest absolute Gasteiger partial charge is 0.246 e. The predicted molar refractivity (Wildman–Crippen MR) is 115 cm³/mol. The molecule has 2 fully saturated rings. The van der Waals surface area contributed by atoms with Gasteiger partial charge in [0.2, 0.25) is 11.8 Å². The van der Waals surface area contributed by atoms with E-state index in [-0.39, 0.29) is 22.9 Å². The van der Waals surface area contributed by atoms with E-state index in [9.17, 15) is 19.1 Å². The van der Waals surface area contributed by atoms with E-state index >= 15 is 0 Å². The van der Waals surface area contributed by atoms with Crippen molar-refractivity contribution in [2.24, 2.45) is 0 Å². The van der Waals surface area contributed by atoms with Crippen LogP contribution < -0.4 is 0 Å². The van der Waals surface area contributed by atoms with Gasteiger partial charge in [-0.3, -0.25) is 9.59 Å². The lowest BCUT2D eigenvalue weighted by molar-refractivity contribution is -0.130. The summed E-state index contributed by atoms with van der Waals surface area (Å²) in [4.78, 5) is 30.7. The molecule has 2 aliphatic rings. The summed E-state index contributed by atoms with van der Waals surface area (Å²) in [5.41, 5.74) is 0.644. The SMILES string of the molecule is O=C(C=Cc1ccc(F)c(Cl)c1)N1CCC(=O)N(CCCN2CCC[C@@H](O)C2)CC1. The number of carbonyl (C=O) groups excluding carboxylic acids is 2. The Morgan fingerprint density at radius 3 is 2.83 bits per heavy atom. The number of aliphatic hydroxyl groups is 1. The highest BCUT2D eigenvalue weighted by molar-refractivity contribution is 6.30. The minimum atomic E-state index is -0.497. The average Bonchev–Trinajstić information content (AvgIpc) is 2.91. The van der Waals surface area contributed by atoms with Crippen LogP contribution in [0.5, 0.6) is 0 Å². The number of piperidine rings is 1. The van der Waals surface area contributed by atoms with Gasteiger partial charge in [-0.15, -0.1) is 0 Å². The minimum Gasteiger partial charge on any atom is -0.392 e. The van der Waals surface area contributed by atoms with Gasteiger partial charge in [0, 0.05) is 45.2 Å². The Bertz CT molecular complexity index is 789. The van der Waals surface area contributed by atoms with Gasteiger partial charge in [-0.1, -0.05) is 17.7 Å². The average molecular weight is 438 g/mol. The summed E-state index contributed by atoms with van der Waals surface area (Å²) in [6.07, 6.45) is 5.85. The van der Waals surface area contributed by atoms with Crippen LogP contribution in [-0.4, -0.2) is 83.5 Å². The van der Waals surface area contributed by atoms with Gasteiger partial charge in [0.15, 0.2) is 0 Å². The first kappa shape index (κ1) is 22.7. The lowest BCUT2D eigenvalue weighted by atomic mass is 10.1. The molecular weight excluding hydrogens is 409 g/mol. The van der Waals surface area contributed by atoms with E-state index in [1.54, 1.807) is 17.0 Å². The number of aliphatic hydroxyl groups excluding tert-OH is 1. The van der Waals surface area contributed by atoms with Gasteiger partial charge in [0.05, 0.1) is 11.1 Å².